The van der Waals surface area contributed by atoms with E-state index in [-0.39, 0.29) is 41.8 Å². The van der Waals surface area contributed by atoms with Crippen LogP contribution in [-0.4, -0.2) is 85.2 Å². The van der Waals surface area contributed by atoms with Crippen molar-refractivity contribution in [3.63, 3.8) is 0 Å². The van der Waals surface area contributed by atoms with Gasteiger partial charge in [0.2, 0.25) is 5.91 Å². The quantitative estimate of drug-likeness (QED) is 0.739. The minimum Gasteiger partial charge on any atom is -0.336 e. The van der Waals surface area contributed by atoms with Crippen LogP contribution in [0.2, 0.25) is 0 Å². The van der Waals surface area contributed by atoms with Crippen LogP contribution in [0.5, 0.6) is 0 Å². The number of carbonyl (C=O) groups is 2. The molecule has 2 saturated heterocycles. The molecule has 8 heteroatoms. The van der Waals surface area contributed by atoms with Crippen LogP contribution in [0.25, 0.3) is 0 Å². The van der Waals surface area contributed by atoms with Gasteiger partial charge in [0.25, 0.3) is 5.91 Å². The molecule has 26 heavy (non-hydrogen) atoms. The summed E-state index contributed by atoms with van der Waals surface area (Å²) >= 11 is 0. The molecule has 0 aliphatic carbocycles. The molecule has 0 saturated carbocycles. The maximum Gasteiger partial charge on any atom is 0.254 e. The molecule has 0 unspecified atom stereocenters. The van der Waals surface area contributed by atoms with Crippen molar-refractivity contribution in [2.24, 2.45) is 0 Å². The van der Waals surface area contributed by atoms with Crippen molar-refractivity contribution in [2.45, 2.75) is 25.0 Å². The SMILES string of the molecule is CN1CCN(C(=O)CCN2Cc3ccccc3C2=O)[C@@H]2CS(=O)(=O)C[C@@H]21. The normalized spacial score (nSPS) is 27.5. The Balaban J connectivity index is 1.41. The lowest BCUT2D eigenvalue weighted by Gasteiger charge is -2.42. The van der Waals surface area contributed by atoms with Crippen LogP contribution in [0.4, 0.5) is 0 Å². The minimum atomic E-state index is -3.10. The summed E-state index contributed by atoms with van der Waals surface area (Å²) in [5.74, 6) is 0.0710. The largest absolute Gasteiger partial charge is 0.336 e. The second-order valence-corrected chi connectivity index (χ2v) is 9.57. The van der Waals surface area contributed by atoms with Gasteiger partial charge in [0.1, 0.15) is 0 Å². The molecule has 4 rings (SSSR count). The van der Waals surface area contributed by atoms with E-state index in [4.69, 9.17) is 0 Å². The van der Waals surface area contributed by atoms with E-state index in [1.165, 1.54) is 0 Å². The fourth-order valence-corrected chi connectivity index (χ4v) is 6.36. The van der Waals surface area contributed by atoms with E-state index in [1.54, 1.807) is 9.80 Å². The van der Waals surface area contributed by atoms with Gasteiger partial charge in [0.05, 0.1) is 17.5 Å². The summed E-state index contributed by atoms with van der Waals surface area (Å²) in [6.07, 6.45) is 0.229. The van der Waals surface area contributed by atoms with Crippen LogP contribution in [0.1, 0.15) is 22.3 Å². The molecule has 0 bridgehead atoms. The number of hydrogen-bond donors (Lipinski definition) is 0. The maximum absolute atomic E-state index is 12.8. The number of fused-ring (bicyclic) bond motifs is 2. The van der Waals surface area contributed by atoms with E-state index in [9.17, 15) is 18.0 Å². The summed E-state index contributed by atoms with van der Waals surface area (Å²) in [6, 6.07) is 7.12. The number of sulfone groups is 1. The predicted octanol–water partition coefficient (Wildman–Crippen LogP) is -0.0279. The third-order valence-corrected chi connectivity index (χ3v) is 7.46. The fraction of sp³-hybridized carbons (Fsp3) is 0.556. The molecule has 3 aliphatic heterocycles. The first-order valence-electron chi connectivity index (χ1n) is 8.93. The molecule has 2 amide bonds. The van der Waals surface area contributed by atoms with Gasteiger partial charge in [-0.3, -0.25) is 14.5 Å². The third kappa shape index (κ3) is 3.01. The highest BCUT2D eigenvalue weighted by atomic mass is 32.2. The molecule has 1 aromatic carbocycles. The van der Waals surface area contributed by atoms with Gasteiger partial charge in [-0.25, -0.2) is 8.42 Å². The fourth-order valence-electron chi connectivity index (χ4n) is 4.31. The van der Waals surface area contributed by atoms with Gasteiger partial charge >= 0.3 is 0 Å². The Bertz CT molecular complexity index is 854. The number of rotatable bonds is 3. The molecule has 0 spiro atoms. The summed E-state index contributed by atoms with van der Waals surface area (Å²) in [7, 11) is -1.19. The molecular formula is C18H23N3O4S. The van der Waals surface area contributed by atoms with Gasteiger partial charge in [0, 0.05) is 44.2 Å². The Kier molecular flexibility index (Phi) is 4.27. The Hall–Kier alpha value is -1.93. The zero-order valence-corrected chi connectivity index (χ0v) is 15.6. The monoisotopic (exact) mass is 377 g/mol. The first-order chi connectivity index (χ1) is 12.4. The van der Waals surface area contributed by atoms with E-state index in [0.717, 1.165) is 5.56 Å². The topological polar surface area (TPSA) is 78.0 Å². The Morgan fingerprint density at radius 1 is 1.15 bits per heavy atom. The molecule has 3 aliphatic rings. The van der Waals surface area contributed by atoms with Crippen LogP contribution in [0.3, 0.4) is 0 Å². The average molecular weight is 377 g/mol. The highest BCUT2D eigenvalue weighted by Crippen LogP contribution is 2.27. The smallest absolute Gasteiger partial charge is 0.254 e. The Morgan fingerprint density at radius 2 is 1.88 bits per heavy atom. The summed E-state index contributed by atoms with van der Waals surface area (Å²) < 4.78 is 24.1. The predicted molar refractivity (Wildman–Crippen MR) is 96.4 cm³/mol. The van der Waals surface area contributed by atoms with Crippen molar-refractivity contribution in [3.8, 4) is 0 Å². The van der Waals surface area contributed by atoms with Gasteiger partial charge in [-0.2, -0.15) is 0 Å². The summed E-state index contributed by atoms with van der Waals surface area (Å²) in [4.78, 5) is 30.6. The number of nitrogens with zero attached hydrogens (tertiary/aromatic N) is 3. The van der Waals surface area contributed by atoms with E-state index < -0.39 is 9.84 Å². The van der Waals surface area contributed by atoms with Crippen LogP contribution < -0.4 is 0 Å². The molecule has 0 N–H and O–H groups in total. The van der Waals surface area contributed by atoms with E-state index >= 15 is 0 Å². The second-order valence-electron chi connectivity index (χ2n) is 7.41. The maximum atomic E-state index is 12.8. The van der Waals surface area contributed by atoms with Gasteiger partial charge in [-0.1, -0.05) is 18.2 Å². The first-order valence-corrected chi connectivity index (χ1v) is 10.8. The third-order valence-electron chi connectivity index (χ3n) is 5.77. The molecule has 3 heterocycles. The Morgan fingerprint density at radius 3 is 2.65 bits per heavy atom. The molecule has 7 nitrogen and oxygen atoms in total. The molecule has 0 radical (unpaired) electrons. The van der Waals surface area contributed by atoms with Crippen molar-refractivity contribution in [1.29, 1.82) is 0 Å². The van der Waals surface area contributed by atoms with E-state index in [2.05, 4.69) is 0 Å². The molecule has 140 valence electrons. The van der Waals surface area contributed by atoms with Gasteiger partial charge in [-0.05, 0) is 18.7 Å². The second kappa shape index (κ2) is 6.35. The Labute approximate surface area is 153 Å². The summed E-state index contributed by atoms with van der Waals surface area (Å²) in [5, 5.41) is 0. The highest BCUT2D eigenvalue weighted by Gasteiger charge is 2.46. The molecule has 2 fully saturated rings. The molecular weight excluding hydrogens is 354 g/mol. The van der Waals surface area contributed by atoms with Crippen LogP contribution in [0, 0.1) is 0 Å². The zero-order chi connectivity index (χ0) is 18.5. The van der Waals surface area contributed by atoms with Crippen molar-refractivity contribution in [2.75, 3.05) is 38.2 Å². The zero-order valence-electron chi connectivity index (χ0n) is 14.8. The molecule has 1 aromatic rings. The summed E-state index contributed by atoms with van der Waals surface area (Å²) in [6.45, 7) is 2.12. The van der Waals surface area contributed by atoms with Gasteiger partial charge in [-0.15, -0.1) is 0 Å². The van der Waals surface area contributed by atoms with Crippen molar-refractivity contribution in [1.82, 2.24) is 14.7 Å². The van der Waals surface area contributed by atoms with Gasteiger partial charge < -0.3 is 9.80 Å². The van der Waals surface area contributed by atoms with Crippen molar-refractivity contribution < 1.29 is 18.0 Å². The standard InChI is InChI=1S/C18H23N3O4S/c1-19-8-9-21(16-12-26(24,25)11-15(16)19)17(22)6-7-20-10-13-4-2-3-5-14(13)18(20)23/h2-5,15-16H,6-12H2,1H3/t15-,16+/m0/s1. The van der Waals surface area contributed by atoms with E-state index in [1.807, 2.05) is 36.2 Å². The summed E-state index contributed by atoms with van der Waals surface area (Å²) in [5.41, 5.74) is 1.70. The molecule has 2 atom stereocenters. The van der Waals surface area contributed by atoms with Crippen LogP contribution in [-0.2, 0) is 21.2 Å². The average Bonchev–Trinajstić information content (AvgIpc) is 3.10. The highest BCUT2D eigenvalue weighted by molar-refractivity contribution is 7.91. The lowest BCUT2D eigenvalue weighted by Crippen LogP contribution is -2.59. The van der Waals surface area contributed by atoms with E-state index in [0.29, 0.717) is 31.7 Å². The van der Waals surface area contributed by atoms with Crippen LogP contribution in [0.15, 0.2) is 24.3 Å². The van der Waals surface area contributed by atoms with Gasteiger partial charge in [0.15, 0.2) is 9.84 Å². The number of likely N-dealkylation sites (N-methyl/N-ethyl adjacent to an activating group) is 1. The van der Waals surface area contributed by atoms with Crippen LogP contribution >= 0.6 is 0 Å². The number of carbonyl (C=O) groups excluding carboxylic acids is 2. The number of benzene rings is 1. The lowest BCUT2D eigenvalue weighted by atomic mass is 10.0. The number of hydrogen-bond acceptors (Lipinski definition) is 5. The van der Waals surface area contributed by atoms with Crippen molar-refractivity contribution in [3.05, 3.63) is 35.4 Å². The minimum absolute atomic E-state index is 0.0342. The number of piperazine rings is 1. The lowest BCUT2D eigenvalue weighted by molar-refractivity contribution is -0.136. The molecule has 0 aromatic heterocycles. The first kappa shape index (κ1) is 17.5. The number of amides is 2. The van der Waals surface area contributed by atoms with Crippen molar-refractivity contribution >= 4 is 21.7 Å².